The molecule has 2 amide bonds. The first-order valence-electron chi connectivity index (χ1n) is 8.12. The molecule has 0 bridgehead atoms. The highest BCUT2D eigenvalue weighted by Crippen LogP contribution is 2.19. The predicted molar refractivity (Wildman–Crippen MR) is 93.4 cm³/mol. The van der Waals surface area contributed by atoms with Crippen molar-refractivity contribution in [2.75, 3.05) is 26.2 Å². The zero-order valence-electron chi connectivity index (χ0n) is 13.1. The van der Waals surface area contributed by atoms with Crippen molar-refractivity contribution in [2.24, 2.45) is 0 Å². The highest BCUT2D eigenvalue weighted by atomic mass is 32.1. The Hall–Kier alpha value is -1.56. The van der Waals surface area contributed by atoms with Gasteiger partial charge in [-0.3, -0.25) is 5.01 Å². The fourth-order valence-electron chi connectivity index (χ4n) is 2.84. The third kappa shape index (κ3) is 4.73. The Morgan fingerprint density at radius 2 is 2.09 bits per heavy atom. The lowest BCUT2D eigenvalue weighted by molar-refractivity contribution is 0.125. The van der Waals surface area contributed by atoms with E-state index in [0.717, 1.165) is 25.9 Å². The summed E-state index contributed by atoms with van der Waals surface area (Å²) >= 11 is 5.44. The smallest absolute Gasteiger partial charge is 0.336 e. The van der Waals surface area contributed by atoms with Gasteiger partial charge in [-0.15, -0.1) is 6.58 Å². The number of allylic oxidation sites excluding steroid dienone is 1. The summed E-state index contributed by atoms with van der Waals surface area (Å²) in [5.74, 6) is 0. The van der Waals surface area contributed by atoms with Crippen molar-refractivity contribution in [3.05, 3.63) is 24.3 Å². The lowest BCUT2D eigenvalue weighted by Gasteiger charge is -2.30. The van der Waals surface area contributed by atoms with Gasteiger partial charge in [-0.1, -0.05) is 17.7 Å². The Kier molecular flexibility index (Phi) is 6.71. The van der Waals surface area contributed by atoms with Crippen LogP contribution in [-0.2, 0) is 0 Å². The molecule has 5 nitrogen and oxygen atoms in total. The molecular formula is C16H26N4OS. The second kappa shape index (κ2) is 8.78. The SMILES string of the molecule is C=CCNC(=O)N1CCCN1C(=S)NCCC1=CCCCC1. The number of hydrazine groups is 1. The minimum absolute atomic E-state index is 0.114. The van der Waals surface area contributed by atoms with Crippen molar-refractivity contribution in [1.82, 2.24) is 20.7 Å². The number of amides is 2. The number of urea groups is 1. The molecule has 2 rings (SSSR count). The van der Waals surface area contributed by atoms with E-state index in [-0.39, 0.29) is 6.03 Å². The molecule has 1 heterocycles. The van der Waals surface area contributed by atoms with Crippen LogP contribution in [0, 0.1) is 0 Å². The van der Waals surface area contributed by atoms with Crippen LogP contribution in [0.5, 0.6) is 0 Å². The molecule has 0 saturated carbocycles. The molecule has 122 valence electrons. The molecule has 2 aliphatic rings. The van der Waals surface area contributed by atoms with E-state index in [9.17, 15) is 4.79 Å². The van der Waals surface area contributed by atoms with Crippen LogP contribution in [0.4, 0.5) is 4.79 Å². The molecule has 0 unspecified atom stereocenters. The third-order valence-corrected chi connectivity index (χ3v) is 4.36. The molecule has 1 fully saturated rings. The van der Waals surface area contributed by atoms with Crippen molar-refractivity contribution >= 4 is 23.4 Å². The van der Waals surface area contributed by atoms with E-state index >= 15 is 0 Å². The molecule has 0 aromatic carbocycles. The van der Waals surface area contributed by atoms with Crippen LogP contribution in [0.2, 0.25) is 0 Å². The molecule has 0 radical (unpaired) electrons. The first kappa shape index (κ1) is 16.8. The number of rotatable bonds is 5. The number of nitrogens with zero attached hydrogens (tertiary/aromatic N) is 2. The molecule has 1 aliphatic heterocycles. The van der Waals surface area contributed by atoms with E-state index in [4.69, 9.17) is 12.2 Å². The van der Waals surface area contributed by atoms with Crippen LogP contribution in [0.25, 0.3) is 0 Å². The van der Waals surface area contributed by atoms with Gasteiger partial charge in [0.15, 0.2) is 5.11 Å². The third-order valence-electron chi connectivity index (χ3n) is 4.01. The van der Waals surface area contributed by atoms with Gasteiger partial charge in [0, 0.05) is 26.2 Å². The van der Waals surface area contributed by atoms with E-state index in [1.165, 1.54) is 31.3 Å². The molecule has 0 aromatic rings. The zero-order valence-corrected chi connectivity index (χ0v) is 14.0. The maximum Gasteiger partial charge on any atom is 0.336 e. The first-order valence-corrected chi connectivity index (χ1v) is 8.52. The molecule has 0 spiro atoms. The van der Waals surface area contributed by atoms with Crippen LogP contribution in [-0.4, -0.2) is 47.3 Å². The van der Waals surface area contributed by atoms with E-state index in [2.05, 4.69) is 23.3 Å². The maximum atomic E-state index is 12.1. The highest BCUT2D eigenvalue weighted by molar-refractivity contribution is 7.80. The second-order valence-electron chi connectivity index (χ2n) is 5.66. The molecular weight excluding hydrogens is 296 g/mol. The summed E-state index contributed by atoms with van der Waals surface area (Å²) in [6.45, 7) is 6.41. The average Bonchev–Trinajstić information content (AvgIpc) is 3.03. The molecule has 0 atom stereocenters. The van der Waals surface area contributed by atoms with Crippen molar-refractivity contribution in [3.63, 3.8) is 0 Å². The Morgan fingerprint density at radius 1 is 1.27 bits per heavy atom. The standard InChI is InChI=1S/C16H26N4OS/c1-2-10-17-15(21)19-12-6-13-20(19)16(22)18-11-9-14-7-4-3-5-8-14/h2,7H,1,3-6,8-13H2,(H,17,21)(H,18,22). The van der Waals surface area contributed by atoms with Crippen molar-refractivity contribution < 1.29 is 4.79 Å². The fraction of sp³-hybridized carbons (Fsp3) is 0.625. The fourth-order valence-corrected chi connectivity index (χ4v) is 3.13. The number of nitrogens with one attached hydrogen (secondary N) is 2. The zero-order chi connectivity index (χ0) is 15.8. The Morgan fingerprint density at radius 3 is 2.82 bits per heavy atom. The summed E-state index contributed by atoms with van der Waals surface area (Å²) in [6.07, 6.45) is 11.1. The molecule has 22 heavy (non-hydrogen) atoms. The minimum Gasteiger partial charge on any atom is -0.361 e. The van der Waals surface area contributed by atoms with Gasteiger partial charge >= 0.3 is 6.03 Å². The first-order chi connectivity index (χ1) is 10.7. The predicted octanol–water partition coefficient (Wildman–Crippen LogP) is 2.57. The molecule has 1 saturated heterocycles. The Balaban J connectivity index is 1.76. The summed E-state index contributed by atoms with van der Waals surface area (Å²) in [4.78, 5) is 12.1. The van der Waals surface area contributed by atoms with E-state index in [1.807, 2.05) is 5.01 Å². The highest BCUT2D eigenvalue weighted by Gasteiger charge is 2.28. The minimum atomic E-state index is -0.114. The van der Waals surface area contributed by atoms with Crippen molar-refractivity contribution in [1.29, 1.82) is 0 Å². The van der Waals surface area contributed by atoms with Crippen LogP contribution in [0.1, 0.15) is 38.5 Å². The number of carbonyl (C=O) groups excluding carboxylic acids is 1. The number of carbonyl (C=O) groups is 1. The largest absolute Gasteiger partial charge is 0.361 e. The monoisotopic (exact) mass is 322 g/mol. The lowest BCUT2D eigenvalue weighted by atomic mass is 9.97. The summed E-state index contributed by atoms with van der Waals surface area (Å²) in [5.41, 5.74) is 1.53. The topological polar surface area (TPSA) is 47.6 Å². The van der Waals surface area contributed by atoms with E-state index in [1.54, 1.807) is 11.1 Å². The number of hydrogen-bond acceptors (Lipinski definition) is 2. The summed E-state index contributed by atoms with van der Waals surface area (Å²) < 4.78 is 0. The lowest BCUT2D eigenvalue weighted by Crippen LogP contribution is -2.52. The van der Waals surface area contributed by atoms with Crippen molar-refractivity contribution in [3.8, 4) is 0 Å². The van der Waals surface area contributed by atoms with Gasteiger partial charge in [0.25, 0.3) is 0 Å². The van der Waals surface area contributed by atoms with Gasteiger partial charge in [-0.05, 0) is 50.7 Å². The molecule has 0 aromatic heterocycles. The molecule has 1 aliphatic carbocycles. The summed E-state index contributed by atoms with van der Waals surface area (Å²) in [7, 11) is 0. The Labute approximate surface area is 138 Å². The maximum absolute atomic E-state index is 12.1. The average molecular weight is 322 g/mol. The van der Waals surface area contributed by atoms with E-state index in [0.29, 0.717) is 18.2 Å². The van der Waals surface area contributed by atoms with Crippen LogP contribution in [0.15, 0.2) is 24.3 Å². The van der Waals surface area contributed by atoms with Crippen LogP contribution >= 0.6 is 12.2 Å². The molecule has 6 heteroatoms. The van der Waals surface area contributed by atoms with Crippen LogP contribution in [0.3, 0.4) is 0 Å². The van der Waals surface area contributed by atoms with Crippen molar-refractivity contribution in [2.45, 2.75) is 38.5 Å². The number of thiocarbonyl (C=S) groups is 1. The van der Waals surface area contributed by atoms with Gasteiger partial charge in [-0.25, -0.2) is 9.80 Å². The summed E-state index contributed by atoms with van der Waals surface area (Å²) in [6, 6.07) is -0.114. The van der Waals surface area contributed by atoms with E-state index < -0.39 is 0 Å². The van der Waals surface area contributed by atoms with Crippen LogP contribution < -0.4 is 10.6 Å². The second-order valence-corrected chi connectivity index (χ2v) is 6.05. The Bertz CT molecular complexity index is 449. The molecule has 2 N–H and O–H groups in total. The van der Waals surface area contributed by atoms with Gasteiger partial charge in [0.2, 0.25) is 0 Å². The van der Waals surface area contributed by atoms with Gasteiger partial charge in [0.1, 0.15) is 0 Å². The van der Waals surface area contributed by atoms with Gasteiger partial charge < -0.3 is 10.6 Å². The normalized spacial score (nSPS) is 17.9. The quantitative estimate of drug-likeness (QED) is 0.603. The number of hydrogen-bond donors (Lipinski definition) is 2. The van der Waals surface area contributed by atoms with Gasteiger partial charge in [0.05, 0.1) is 0 Å². The van der Waals surface area contributed by atoms with Gasteiger partial charge in [-0.2, -0.15) is 0 Å². The summed E-state index contributed by atoms with van der Waals surface area (Å²) in [5, 5.41) is 10.3.